The van der Waals surface area contributed by atoms with Crippen LogP contribution in [0, 0.1) is 0 Å². The number of anilines is 1. The summed E-state index contributed by atoms with van der Waals surface area (Å²) in [6.07, 6.45) is 1.75. The van der Waals surface area contributed by atoms with Crippen LogP contribution in [0.15, 0.2) is 60.8 Å². The molecule has 5 heteroatoms. The number of aromatic amines is 1. The van der Waals surface area contributed by atoms with Crippen molar-refractivity contribution >= 4 is 16.9 Å². The summed E-state index contributed by atoms with van der Waals surface area (Å²) in [6, 6.07) is 17.8. The Morgan fingerprint density at radius 1 is 0.909 bits per heavy atom. The molecule has 0 saturated carbocycles. The van der Waals surface area contributed by atoms with Gasteiger partial charge in [0.2, 0.25) is 0 Å². The second-order valence-corrected chi connectivity index (χ2v) is 4.97. The molecule has 22 heavy (non-hydrogen) atoms. The third-order valence-corrected chi connectivity index (χ3v) is 3.56. The number of nitrogens with zero attached hydrogens (tertiary/aromatic N) is 3. The molecule has 3 aromatic heterocycles. The van der Waals surface area contributed by atoms with Gasteiger partial charge < -0.3 is 5.73 Å². The Bertz CT molecular complexity index is 929. The Kier molecular flexibility index (Phi) is 2.83. The summed E-state index contributed by atoms with van der Waals surface area (Å²) in [5.74, 6) is 0.522. The number of hydrogen-bond acceptors (Lipinski definition) is 4. The average Bonchev–Trinajstić information content (AvgIpc) is 2.97. The van der Waals surface area contributed by atoms with Crippen LogP contribution in [0.4, 0.5) is 5.82 Å². The molecular formula is C17H13N5. The number of benzene rings is 1. The molecule has 0 atom stereocenters. The predicted octanol–water partition coefficient (Wildman–Crippen LogP) is 3.27. The van der Waals surface area contributed by atoms with Crippen LogP contribution in [0.1, 0.15) is 0 Å². The fraction of sp³-hybridized carbons (Fsp3) is 0. The van der Waals surface area contributed by atoms with E-state index in [1.165, 1.54) is 0 Å². The van der Waals surface area contributed by atoms with Gasteiger partial charge in [0.25, 0.3) is 0 Å². The molecule has 4 rings (SSSR count). The van der Waals surface area contributed by atoms with Gasteiger partial charge in [-0.3, -0.25) is 10.1 Å². The lowest BCUT2D eigenvalue weighted by molar-refractivity contribution is 1.10. The maximum atomic E-state index is 6.03. The molecule has 0 unspecified atom stereocenters. The van der Waals surface area contributed by atoms with E-state index in [0.29, 0.717) is 11.5 Å². The van der Waals surface area contributed by atoms with E-state index < -0.39 is 0 Å². The zero-order chi connectivity index (χ0) is 14.9. The molecule has 0 amide bonds. The van der Waals surface area contributed by atoms with Crippen molar-refractivity contribution in [3.05, 3.63) is 60.8 Å². The smallest absolute Gasteiger partial charge is 0.184 e. The Balaban J connectivity index is 2.03. The molecule has 106 valence electrons. The van der Waals surface area contributed by atoms with Crippen LogP contribution < -0.4 is 5.73 Å². The number of hydrogen-bond donors (Lipinski definition) is 2. The first-order valence-corrected chi connectivity index (χ1v) is 6.94. The van der Waals surface area contributed by atoms with Crippen molar-refractivity contribution in [2.45, 2.75) is 0 Å². The molecule has 0 radical (unpaired) electrons. The Morgan fingerprint density at radius 3 is 2.50 bits per heavy atom. The summed E-state index contributed by atoms with van der Waals surface area (Å²) in [5, 5.41) is 7.85. The van der Waals surface area contributed by atoms with Crippen LogP contribution in [-0.4, -0.2) is 20.2 Å². The molecule has 0 fully saturated rings. The van der Waals surface area contributed by atoms with E-state index in [0.717, 1.165) is 27.9 Å². The van der Waals surface area contributed by atoms with E-state index in [1.807, 2.05) is 54.6 Å². The number of pyridine rings is 2. The van der Waals surface area contributed by atoms with Crippen molar-refractivity contribution in [3.8, 4) is 22.5 Å². The summed E-state index contributed by atoms with van der Waals surface area (Å²) in [7, 11) is 0. The van der Waals surface area contributed by atoms with E-state index in [1.54, 1.807) is 6.20 Å². The molecule has 0 saturated heterocycles. The zero-order valence-corrected chi connectivity index (χ0v) is 11.7. The SMILES string of the molecule is Nc1[nH]nc2nc(-c3ccccn3)cc(-c3ccccc3)c12. The summed E-state index contributed by atoms with van der Waals surface area (Å²) >= 11 is 0. The fourth-order valence-corrected chi connectivity index (χ4v) is 2.54. The average molecular weight is 287 g/mol. The van der Waals surface area contributed by atoms with E-state index in [9.17, 15) is 0 Å². The molecule has 4 aromatic rings. The highest BCUT2D eigenvalue weighted by molar-refractivity contribution is 6.01. The van der Waals surface area contributed by atoms with Crippen molar-refractivity contribution < 1.29 is 0 Å². The Hall–Kier alpha value is -3.21. The molecule has 5 nitrogen and oxygen atoms in total. The van der Waals surface area contributed by atoms with Crippen molar-refractivity contribution in [3.63, 3.8) is 0 Å². The van der Waals surface area contributed by atoms with Crippen LogP contribution in [0.5, 0.6) is 0 Å². The highest BCUT2D eigenvalue weighted by Crippen LogP contribution is 2.33. The molecule has 0 aliphatic carbocycles. The predicted molar refractivity (Wildman–Crippen MR) is 87.0 cm³/mol. The maximum Gasteiger partial charge on any atom is 0.184 e. The lowest BCUT2D eigenvalue weighted by Gasteiger charge is -2.07. The largest absolute Gasteiger partial charge is 0.383 e. The molecule has 3 N–H and O–H groups in total. The second-order valence-electron chi connectivity index (χ2n) is 4.97. The van der Waals surface area contributed by atoms with Crippen molar-refractivity contribution in [2.24, 2.45) is 0 Å². The van der Waals surface area contributed by atoms with Gasteiger partial charge in [0.15, 0.2) is 5.65 Å². The summed E-state index contributed by atoms with van der Waals surface area (Å²) in [4.78, 5) is 8.93. The first kappa shape index (κ1) is 12.5. The summed E-state index contributed by atoms with van der Waals surface area (Å²) in [5.41, 5.74) is 10.3. The minimum absolute atomic E-state index is 0.522. The van der Waals surface area contributed by atoms with Gasteiger partial charge in [0.1, 0.15) is 5.82 Å². The lowest BCUT2D eigenvalue weighted by Crippen LogP contribution is -1.92. The van der Waals surface area contributed by atoms with Gasteiger partial charge in [-0.05, 0) is 29.3 Å². The minimum atomic E-state index is 0.522. The normalized spacial score (nSPS) is 10.9. The number of nitrogen functional groups attached to an aromatic ring is 1. The molecular weight excluding hydrogens is 274 g/mol. The topological polar surface area (TPSA) is 80.5 Å². The highest BCUT2D eigenvalue weighted by atomic mass is 15.2. The van der Waals surface area contributed by atoms with Gasteiger partial charge in [0.05, 0.1) is 16.8 Å². The quantitative estimate of drug-likeness (QED) is 0.593. The van der Waals surface area contributed by atoms with Crippen LogP contribution in [-0.2, 0) is 0 Å². The van der Waals surface area contributed by atoms with E-state index in [2.05, 4.69) is 20.2 Å². The molecule has 0 spiro atoms. The molecule has 1 aromatic carbocycles. The summed E-state index contributed by atoms with van der Waals surface area (Å²) < 4.78 is 0. The number of fused-ring (bicyclic) bond motifs is 1. The standard InChI is InChI=1S/C17H13N5/c18-16-15-12(11-6-2-1-3-7-11)10-14(20-17(15)22-21-16)13-8-4-5-9-19-13/h1-10H,(H3,18,20,21,22). The van der Waals surface area contributed by atoms with Crippen LogP contribution >= 0.6 is 0 Å². The van der Waals surface area contributed by atoms with E-state index >= 15 is 0 Å². The first-order valence-electron chi connectivity index (χ1n) is 6.94. The van der Waals surface area contributed by atoms with Crippen molar-refractivity contribution in [2.75, 3.05) is 5.73 Å². The second kappa shape index (κ2) is 4.96. The Labute approximate surface area is 126 Å². The van der Waals surface area contributed by atoms with Gasteiger partial charge in [-0.1, -0.05) is 36.4 Å². The molecule has 0 aliphatic heterocycles. The van der Waals surface area contributed by atoms with Gasteiger partial charge in [-0.25, -0.2) is 4.98 Å². The third-order valence-electron chi connectivity index (χ3n) is 3.56. The number of rotatable bonds is 2. The molecule has 0 aliphatic rings. The summed E-state index contributed by atoms with van der Waals surface area (Å²) in [6.45, 7) is 0. The molecule has 3 heterocycles. The maximum absolute atomic E-state index is 6.03. The first-order chi connectivity index (χ1) is 10.8. The van der Waals surface area contributed by atoms with Crippen molar-refractivity contribution in [1.29, 1.82) is 0 Å². The monoisotopic (exact) mass is 287 g/mol. The number of nitrogens with two attached hydrogens (primary N) is 1. The van der Waals surface area contributed by atoms with E-state index in [-0.39, 0.29) is 0 Å². The van der Waals surface area contributed by atoms with Crippen LogP contribution in [0.2, 0.25) is 0 Å². The zero-order valence-electron chi connectivity index (χ0n) is 11.7. The van der Waals surface area contributed by atoms with E-state index in [4.69, 9.17) is 5.73 Å². The van der Waals surface area contributed by atoms with Gasteiger partial charge in [-0.2, -0.15) is 5.10 Å². The van der Waals surface area contributed by atoms with Crippen molar-refractivity contribution in [1.82, 2.24) is 20.2 Å². The van der Waals surface area contributed by atoms with Gasteiger partial charge in [-0.15, -0.1) is 0 Å². The van der Waals surface area contributed by atoms with Crippen LogP contribution in [0.25, 0.3) is 33.5 Å². The third kappa shape index (κ3) is 2.00. The highest BCUT2D eigenvalue weighted by Gasteiger charge is 2.14. The van der Waals surface area contributed by atoms with Gasteiger partial charge >= 0.3 is 0 Å². The Morgan fingerprint density at radius 2 is 1.73 bits per heavy atom. The minimum Gasteiger partial charge on any atom is -0.383 e. The molecule has 0 bridgehead atoms. The lowest BCUT2D eigenvalue weighted by atomic mass is 10.0. The number of aromatic nitrogens is 4. The number of H-pyrrole nitrogens is 1. The fourth-order valence-electron chi connectivity index (χ4n) is 2.54. The number of nitrogens with one attached hydrogen (secondary N) is 1. The van der Waals surface area contributed by atoms with Crippen LogP contribution in [0.3, 0.4) is 0 Å². The van der Waals surface area contributed by atoms with Gasteiger partial charge in [0, 0.05) is 6.20 Å².